The van der Waals surface area contributed by atoms with Crippen LogP contribution in [0.15, 0.2) is 42.5 Å². The minimum Gasteiger partial charge on any atom is -0.382 e. The van der Waals surface area contributed by atoms with Crippen LogP contribution in [0.3, 0.4) is 0 Å². The van der Waals surface area contributed by atoms with Crippen LogP contribution < -0.4 is 5.32 Å². The Morgan fingerprint density at radius 1 is 1.10 bits per heavy atom. The van der Waals surface area contributed by atoms with E-state index in [9.17, 15) is 0 Å². The van der Waals surface area contributed by atoms with Crippen molar-refractivity contribution >= 4 is 16.7 Å². The van der Waals surface area contributed by atoms with E-state index in [2.05, 4.69) is 71.2 Å². The fourth-order valence-electron chi connectivity index (χ4n) is 6.14. The predicted molar refractivity (Wildman–Crippen MR) is 119 cm³/mol. The first kappa shape index (κ1) is 17.5. The van der Waals surface area contributed by atoms with Crippen LogP contribution in [0.2, 0.25) is 0 Å². The van der Waals surface area contributed by atoms with E-state index >= 15 is 0 Å². The maximum Gasteiger partial charge on any atom is 0.114 e. The van der Waals surface area contributed by atoms with Gasteiger partial charge in [0.15, 0.2) is 0 Å². The molecule has 2 fully saturated rings. The van der Waals surface area contributed by atoms with E-state index in [0.717, 1.165) is 12.8 Å². The SMILES string of the molecule is C[C@H]1CCc2c(ccc3c2nc(Cc2ccccc2)n3C2CC3(C2)CN(C)C3)N1. The first-order chi connectivity index (χ1) is 14.1. The molecule has 3 heterocycles. The summed E-state index contributed by atoms with van der Waals surface area (Å²) in [4.78, 5) is 7.72. The number of aromatic nitrogens is 2. The molecule has 0 radical (unpaired) electrons. The van der Waals surface area contributed by atoms with Crippen molar-refractivity contribution in [2.75, 3.05) is 25.5 Å². The van der Waals surface area contributed by atoms with Gasteiger partial charge in [0, 0.05) is 42.8 Å². The van der Waals surface area contributed by atoms with Crippen molar-refractivity contribution < 1.29 is 0 Å². The topological polar surface area (TPSA) is 33.1 Å². The van der Waals surface area contributed by atoms with Gasteiger partial charge in [-0.25, -0.2) is 4.98 Å². The highest BCUT2D eigenvalue weighted by atomic mass is 15.2. The molecule has 0 bridgehead atoms. The number of likely N-dealkylation sites (tertiary alicyclic amines) is 1. The van der Waals surface area contributed by atoms with E-state index < -0.39 is 0 Å². The highest BCUT2D eigenvalue weighted by Gasteiger charge is 2.52. The molecule has 0 unspecified atom stereocenters. The second-order valence-corrected chi connectivity index (χ2v) is 9.84. The van der Waals surface area contributed by atoms with Crippen molar-refractivity contribution in [1.82, 2.24) is 14.5 Å². The zero-order valence-electron chi connectivity index (χ0n) is 17.5. The summed E-state index contributed by atoms with van der Waals surface area (Å²) < 4.78 is 2.60. The Morgan fingerprint density at radius 2 is 1.90 bits per heavy atom. The van der Waals surface area contributed by atoms with Crippen LogP contribution in [0, 0.1) is 5.41 Å². The van der Waals surface area contributed by atoms with Crippen LogP contribution in [0.1, 0.15) is 49.2 Å². The predicted octanol–water partition coefficient (Wildman–Crippen LogP) is 4.64. The molecule has 4 heteroatoms. The molecule has 1 saturated carbocycles. The summed E-state index contributed by atoms with van der Waals surface area (Å²) in [5, 5.41) is 3.67. The minimum absolute atomic E-state index is 0.549. The van der Waals surface area contributed by atoms with E-state index in [4.69, 9.17) is 4.98 Å². The molecule has 6 rings (SSSR count). The maximum atomic E-state index is 5.27. The second kappa shape index (κ2) is 6.33. The van der Waals surface area contributed by atoms with Crippen molar-refractivity contribution in [3.63, 3.8) is 0 Å². The molecule has 0 amide bonds. The fourth-order valence-corrected chi connectivity index (χ4v) is 6.14. The molecule has 4 nitrogen and oxygen atoms in total. The number of hydrogen-bond acceptors (Lipinski definition) is 3. The van der Waals surface area contributed by atoms with Crippen molar-refractivity contribution in [2.24, 2.45) is 5.41 Å². The lowest BCUT2D eigenvalue weighted by Gasteiger charge is -2.58. The first-order valence-corrected chi connectivity index (χ1v) is 11.1. The number of imidazole rings is 1. The Kier molecular flexibility index (Phi) is 3.83. The summed E-state index contributed by atoms with van der Waals surface area (Å²) in [6, 6.07) is 16.6. The molecule has 1 spiro atoms. The van der Waals surface area contributed by atoms with Gasteiger partial charge in [0.05, 0.1) is 11.0 Å². The van der Waals surface area contributed by atoms with E-state index in [1.807, 2.05) is 0 Å². The maximum absolute atomic E-state index is 5.27. The third-order valence-corrected chi connectivity index (χ3v) is 7.39. The van der Waals surface area contributed by atoms with Crippen molar-refractivity contribution in [1.29, 1.82) is 0 Å². The number of rotatable bonds is 3. The monoisotopic (exact) mass is 386 g/mol. The number of nitrogens with one attached hydrogen (secondary N) is 1. The second-order valence-electron chi connectivity index (χ2n) is 9.84. The third-order valence-electron chi connectivity index (χ3n) is 7.39. The third kappa shape index (κ3) is 2.80. The van der Waals surface area contributed by atoms with Gasteiger partial charge in [-0.05, 0) is 62.8 Å². The van der Waals surface area contributed by atoms with Gasteiger partial charge >= 0.3 is 0 Å². The van der Waals surface area contributed by atoms with Crippen molar-refractivity contribution in [3.05, 3.63) is 59.4 Å². The molecular weight excluding hydrogens is 356 g/mol. The summed E-state index contributed by atoms with van der Waals surface area (Å²) in [6.45, 7) is 4.80. The Hall–Kier alpha value is -2.33. The lowest BCUT2D eigenvalue weighted by molar-refractivity contribution is -0.0752. The molecule has 1 saturated heterocycles. The number of nitrogens with zero attached hydrogens (tertiary/aromatic N) is 3. The van der Waals surface area contributed by atoms with Crippen LogP contribution >= 0.6 is 0 Å². The highest BCUT2D eigenvalue weighted by molar-refractivity contribution is 5.86. The average molecular weight is 387 g/mol. The average Bonchev–Trinajstić information content (AvgIpc) is 3.02. The molecule has 29 heavy (non-hydrogen) atoms. The normalized spacial score (nSPS) is 23.4. The molecule has 2 aliphatic heterocycles. The number of anilines is 1. The highest BCUT2D eigenvalue weighted by Crippen LogP contribution is 2.54. The molecule has 1 atom stereocenters. The van der Waals surface area contributed by atoms with Gasteiger partial charge in [-0.2, -0.15) is 0 Å². The molecule has 1 aromatic heterocycles. The molecule has 3 aliphatic rings. The Labute approximate surface area is 172 Å². The van der Waals surface area contributed by atoms with Crippen molar-refractivity contribution in [3.8, 4) is 0 Å². The molecule has 1 aliphatic carbocycles. The summed E-state index contributed by atoms with van der Waals surface area (Å²) >= 11 is 0. The summed E-state index contributed by atoms with van der Waals surface area (Å²) in [5.41, 5.74) is 7.22. The minimum atomic E-state index is 0.549. The summed E-state index contributed by atoms with van der Waals surface area (Å²) in [6.07, 6.45) is 5.83. The number of hydrogen-bond donors (Lipinski definition) is 1. The largest absolute Gasteiger partial charge is 0.382 e. The van der Waals surface area contributed by atoms with E-state index in [-0.39, 0.29) is 0 Å². The van der Waals surface area contributed by atoms with E-state index in [0.29, 0.717) is 17.5 Å². The quantitative estimate of drug-likeness (QED) is 0.712. The van der Waals surface area contributed by atoms with Crippen LogP contribution in [-0.2, 0) is 12.8 Å². The molecule has 1 N–H and O–H groups in total. The van der Waals surface area contributed by atoms with Crippen LogP contribution in [0.4, 0.5) is 5.69 Å². The fraction of sp³-hybridized carbons (Fsp3) is 0.480. The number of benzene rings is 2. The van der Waals surface area contributed by atoms with E-state index in [1.54, 1.807) is 0 Å². The van der Waals surface area contributed by atoms with Crippen LogP contribution in [-0.4, -0.2) is 40.6 Å². The Balaban J connectivity index is 1.43. The molecule has 150 valence electrons. The van der Waals surface area contributed by atoms with Gasteiger partial charge in [-0.3, -0.25) is 0 Å². The smallest absolute Gasteiger partial charge is 0.114 e. The molecule has 2 aromatic carbocycles. The molecular formula is C25H30N4. The van der Waals surface area contributed by atoms with Gasteiger partial charge < -0.3 is 14.8 Å². The Bertz CT molecular complexity index is 1050. The zero-order chi connectivity index (χ0) is 19.6. The zero-order valence-corrected chi connectivity index (χ0v) is 17.5. The molecule has 3 aromatic rings. The van der Waals surface area contributed by atoms with Gasteiger partial charge in [0.25, 0.3) is 0 Å². The van der Waals surface area contributed by atoms with Crippen LogP contribution in [0.25, 0.3) is 11.0 Å². The van der Waals surface area contributed by atoms with Gasteiger partial charge in [-0.15, -0.1) is 0 Å². The van der Waals surface area contributed by atoms with E-state index in [1.165, 1.54) is 66.0 Å². The van der Waals surface area contributed by atoms with Crippen molar-refractivity contribution in [2.45, 2.75) is 51.1 Å². The number of aryl methyl sites for hydroxylation is 1. The summed E-state index contributed by atoms with van der Waals surface area (Å²) in [7, 11) is 2.24. The first-order valence-electron chi connectivity index (χ1n) is 11.1. The Morgan fingerprint density at radius 3 is 2.66 bits per heavy atom. The standard InChI is InChI=1S/C25H30N4/c1-17-8-9-20-21(26-17)10-11-22-24(20)27-23(12-18-6-4-3-5-7-18)29(22)19-13-25(14-19)15-28(2)16-25/h3-7,10-11,17,19,26H,8-9,12-16H2,1-2H3/t17-/m0/s1. The lowest BCUT2D eigenvalue weighted by Crippen LogP contribution is -2.60. The van der Waals surface area contributed by atoms with Gasteiger partial charge in [0.1, 0.15) is 5.82 Å². The van der Waals surface area contributed by atoms with Crippen LogP contribution in [0.5, 0.6) is 0 Å². The number of fused-ring (bicyclic) bond motifs is 3. The van der Waals surface area contributed by atoms with Gasteiger partial charge in [-0.1, -0.05) is 30.3 Å². The van der Waals surface area contributed by atoms with Gasteiger partial charge in [0.2, 0.25) is 0 Å². The lowest BCUT2D eigenvalue weighted by atomic mass is 9.60. The summed E-state index contributed by atoms with van der Waals surface area (Å²) in [5.74, 6) is 1.24.